The Kier molecular flexibility index (Phi) is 5.61. The quantitative estimate of drug-likeness (QED) is 0.467. The summed E-state index contributed by atoms with van der Waals surface area (Å²) in [6.07, 6.45) is 0. The number of amides is 2. The van der Waals surface area contributed by atoms with Crippen molar-refractivity contribution in [1.29, 1.82) is 0 Å². The van der Waals surface area contributed by atoms with Crippen LogP contribution < -0.4 is 9.64 Å². The van der Waals surface area contributed by atoms with E-state index in [1.54, 1.807) is 52.9 Å². The fourth-order valence-electron chi connectivity index (χ4n) is 4.80. The molecular formula is C27H25ClN2O3S. The van der Waals surface area contributed by atoms with Crippen molar-refractivity contribution >= 4 is 40.9 Å². The van der Waals surface area contributed by atoms with Crippen LogP contribution in [0, 0.1) is 0 Å². The van der Waals surface area contributed by atoms with E-state index in [0.29, 0.717) is 29.4 Å². The van der Waals surface area contributed by atoms with Crippen LogP contribution in [0.25, 0.3) is 0 Å². The molecule has 0 aliphatic carbocycles. The number of fused-ring (bicyclic) bond motifs is 2. The van der Waals surface area contributed by atoms with Gasteiger partial charge in [0.15, 0.2) is 4.87 Å². The average molecular weight is 493 g/mol. The summed E-state index contributed by atoms with van der Waals surface area (Å²) in [4.78, 5) is 30.5. The molecule has 0 radical (unpaired) electrons. The van der Waals surface area contributed by atoms with Crippen LogP contribution in [0.2, 0.25) is 5.02 Å². The number of thioether (sulfide) groups is 1. The van der Waals surface area contributed by atoms with Crippen LogP contribution in [-0.4, -0.2) is 35.1 Å². The summed E-state index contributed by atoms with van der Waals surface area (Å²) in [6.45, 7) is 4.94. The minimum absolute atomic E-state index is 0.119. The molecule has 3 aromatic rings. The van der Waals surface area contributed by atoms with Gasteiger partial charge < -0.3 is 14.5 Å². The van der Waals surface area contributed by atoms with Crippen molar-refractivity contribution in [1.82, 2.24) is 4.90 Å². The van der Waals surface area contributed by atoms with Gasteiger partial charge in [0, 0.05) is 27.4 Å². The first-order chi connectivity index (χ1) is 16.3. The van der Waals surface area contributed by atoms with Gasteiger partial charge in [-0.1, -0.05) is 48.0 Å². The lowest BCUT2D eigenvalue weighted by atomic mass is 10.0. The number of carbonyl (C=O) groups is 2. The Morgan fingerprint density at radius 3 is 2.41 bits per heavy atom. The Hall–Kier alpha value is -2.96. The number of nitrogens with zero attached hydrogens (tertiary/aromatic N) is 2. The van der Waals surface area contributed by atoms with Crippen LogP contribution >= 0.6 is 23.4 Å². The van der Waals surface area contributed by atoms with Gasteiger partial charge in [-0.3, -0.25) is 9.59 Å². The van der Waals surface area contributed by atoms with Crippen molar-refractivity contribution in [2.24, 2.45) is 0 Å². The van der Waals surface area contributed by atoms with Crippen molar-refractivity contribution < 1.29 is 14.3 Å². The van der Waals surface area contributed by atoms with Crippen LogP contribution in [-0.2, 0) is 16.2 Å². The highest BCUT2D eigenvalue weighted by Gasteiger charge is 2.63. The first kappa shape index (κ1) is 22.8. The number of ether oxygens (including phenoxy) is 1. The molecule has 0 aromatic heterocycles. The van der Waals surface area contributed by atoms with Gasteiger partial charge in [-0.25, -0.2) is 0 Å². The maximum Gasteiger partial charge on any atom is 0.268 e. The highest BCUT2D eigenvalue weighted by molar-refractivity contribution is 8.02. The number of anilines is 1. The van der Waals surface area contributed by atoms with Crippen molar-refractivity contribution in [3.63, 3.8) is 0 Å². The molecule has 1 unspecified atom stereocenters. The maximum atomic E-state index is 14.3. The van der Waals surface area contributed by atoms with Crippen LogP contribution in [0.1, 0.15) is 35.3 Å². The van der Waals surface area contributed by atoms with Crippen molar-refractivity contribution in [3.05, 3.63) is 94.5 Å². The summed E-state index contributed by atoms with van der Waals surface area (Å²) >= 11 is 7.98. The molecule has 1 fully saturated rings. The molecule has 174 valence electrons. The molecule has 0 bridgehead atoms. The van der Waals surface area contributed by atoms with Gasteiger partial charge in [0.2, 0.25) is 0 Å². The zero-order chi connectivity index (χ0) is 24.1. The number of rotatable bonds is 4. The Morgan fingerprint density at radius 1 is 1.03 bits per heavy atom. The molecule has 3 aromatic carbocycles. The van der Waals surface area contributed by atoms with Crippen LogP contribution in [0.3, 0.4) is 0 Å². The SMILES string of the molecule is COc1ccc(C(=O)N2CC(C)(C)SC23C(=O)N(Cc2ccccc2Cl)c2ccccc23)cc1. The first-order valence-corrected chi connectivity index (χ1v) is 12.3. The molecule has 7 heteroatoms. The summed E-state index contributed by atoms with van der Waals surface area (Å²) in [5, 5.41) is 0.610. The van der Waals surface area contributed by atoms with Crippen LogP contribution in [0.4, 0.5) is 5.69 Å². The van der Waals surface area contributed by atoms with E-state index in [1.807, 2.05) is 48.5 Å². The third-order valence-electron chi connectivity index (χ3n) is 6.31. The topological polar surface area (TPSA) is 49.9 Å². The molecule has 5 nitrogen and oxygen atoms in total. The molecule has 2 aliphatic rings. The molecule has 5 rings (SSSR count). The molecule has 0 saturated carbocycles. The van der Waals surface area contributed by atoms with Crippen molar-refractivity contribution in [2.45, 2.75) is 30.0 Å². The minimum atomic E-state index is -1.14. The summed E-state index contributed by atoms with van der Waals surface area (Å²) in [5.74, 6) is 0.380. The number of benzene rings is 3. The number of hydrogen-bond acceptors (Lipinski definition) is 4. The molecule has 1 saturated heterocycles. The second kappa shape index (κ2) is 8.36. The predicted octanol–water partition coefficient (Wildman–Crippen LogP) is 5.72. The fourth-order valence-corrected chi connectivity index (χ4v) is 6.73. The molecule has 34 heavy (non-hydrogen) atoms. The molecule has 1 atom stereocenters. The van der Waals surface area contributed by atoms with Gasteiger partial charge in [0.1, 0.15) is 5.75 Å². The zero-order valence-corrected chi connectivity index (χ0v) is 20.8. The average Bonchev–Trinajstić information content (AvgIpc) is 3.26. The standard InChI is InChI=1S/C27H25ClN2O3S/c1-26(2)17-30(24(31)18-12-14-20(33-3)15-13-18)27(34-26)21-9-5-7-11-23(21)29(25(27)32)16-19-8-4-6-10-22(19)28/h4-15H,16-17H2,1-3H3. The smallest absolute Gasteiger partial charge is 0.268 e. The van der Waals surface area contributed by atoms with Crippen LogP contribution in [0.15, 0.2) is 72.8 Å². The number of hydrogen-bond donors (Lipinski definition) is 0. The summed E-state index contributed by atoms with van der Waals surface area (Å²) < 4.78 is 4.93. The molecule has 1 spiro atoms. The van der Waals surface area contributed by atoms with Gasteiger partial charge in [0.05, 0.1) is 19.3 Å². The van der Waals surface area contributed by atoms with E-state index in [-0.39, 0.29) is 16.6 Å². The molecule has 0 N–H and O–H groups in total. The second-order valence-electron chi connectivity index (χ2n) is 9.13. The molecule has 2 heterocycles. The highest BCUT2D eigenvalue weighted by Crippen LogP contribution is 2.60. The summed E-state index contributed by atoms with van der Waals surface area (Å²) in [6, 6.07) is 22.3. The Morgan fingerprint density at radius 2 is 1.71 bits per heavy atom. The largest absolute Gasteiger partial charge is 0.497 e. The Bertz CT molecular complexity index is 1280. The van der Waals surface area contributed by atoms with E-state index in [2.05, 4.69) is 13.8 Å². The van der Waals surface area contributed by atoms with E-state index in [4.69, 9.17) is 16.3 Å². The summed E-state index contributed by atoms with van der Waals surface area (Å²) in [5.41, 5.74) is 3.03. The third-order valence-corrected chi connectivity index (χ3v) is 8.27. The van der Waals surface area contributed by atoms with Gasteiger partial charge in [-0.05, 0) is 55.8 Å². The predicted molar refractivity (Wildman–Crippen MR) is 136 cm³/mol. The second-order valence-corrected chi connectivity index (χ2v) is 11.4. The zero-order valence-electron chi connectivity index (χ0n) is 19.2. The minimum Gasteiger partial charge on any atom is -0.497 e. The lowest BCUT2D eigenvalue weighted by Crippen LogP contribution is -2.50. The summed E-state index contributed by atoms with van der Waals surface area (Å²) in [7, 11) is 1.59. The number of halogens is 1. The van der Waals surface area contributed by atoms with Crippen molar-refractivity contribution in [2.75, 3.05) is 18.6 Å². The third kappa shape index (κ3) is 3.56. The van der Waals surface area contributed by atoms with Crippen molar-refractivity contribution in [3.8, 4) is 5.75 Å². The molecular weight excluding hydrogens is 468 g/mol. The van der Waals surface area contributed by atoms with E-state index >= 15 is 0 Å². The number of methoxy groups -OCH3 is 1. The van der Waals surface area contributed by atoms with E-state index in [0.717, 1.165) is 16.8 Å². The van der Waals surface area contributed by atoms with E-state index in [1.165, 1.54) is 0 Å². The Balaban J connectivity index is 1.61. The lowest BCUT2D eigenvalue weighted by molar-refractivity contribution is -0.123. The van der Waals surface area contributed by atoms with Gasteiger partial charge in [-0.15, -0.1) is 11.8 Å². The normalized spacial score (nSPS) is 20.6. The monoisotopic (exact) mass is 492 g/mol. The van der Waals surface area contributed by atoms with E-state index < -0.39 is 4.87 Å². The number of carbonyl (C=O) groups excluding carboxylic acids is 2. The van der Waals surface area contributed by atoms with Gasteiger partial charge in [0.25, 0.3) is 11.8 Å². The molecule has 2 amide bonds. The highest BCUT2D eigenvalue weighted by atomic mass is 35.5. The number of para-hydroxylation sites is 1. The maximum absolute atomic E-state index is 14.3. The van der Waals surface area contributed by atoms with Gasteiger partial charge in [-0.2, -0.15) is 0 Å². The van der Waals surface area contributed by atoms with E-state index in [9.17, 15) is 9.59 Å². The fraction of sp³-hybridized carbons (Fsp3) is 0.259. The lowest BCUT2D eigenvalue weighted by Gasteiger charge is -2.33. The molecule has 2 aliphatic heterocycles. The Labute approximate surface area is 208 Å². The van der Waals surface area contributed by atoms with Gasteiger partial charge >= 0.3 is 0 Å². The first-order valence-electron chi connectivity index (χ1n) is 11.1. The van der Waals surface area contributed by atoms with Crippen LogP contribution in [0.5, 0.6) is 5.75 Å².